The molecular formula is C23H23N3O3. The molecule has 29 heavy (non-hydrogen) atoms. The Bertz CT molecular complexity index is 1010. The lowest BCUT2D eigenvalue weighted by molar-refractivity contribution is -0.141. The number of aryl methyl sites for hydroxylation is 1. The van der Waals surface area contributed by atoms with Crippen molar-refractivity contribution in [2.45, 2.75) is 43.9 Å². The molecule has 1 fully saturated rings. The van der Waals surface area contributed by atoms with E-state index in [1.165, 1.54) is 0 Å². The largest absolute Gasteiger partial charge is 0.490 e. The Hall–Kier alpha value is -3.06. The first-order valence-electron chi connectivity index (χ1n) is 9.75. The first kappa shape index (κ1) is 19.3. The molecule has 0 amide bonds. The van der Waals surface area contributed by atoms with Gasteiger partial charge in [-0.15, -0.1) is 0 Å². The summed E-state index contributed by atoms with van der Waals surface area (Å²) in [5, 5.41) is 34.4. The van der Waals surface area contributed by atoms with Crippen LogP contribution in [0.4, 0.5) is 11.4 Å². The van der Waals surface area contributed by atoms with Gasteiger partial charge in [0, 0.05) is 5.69 Å². The van der Waals surface area contributed by atoms with Crippen LogP contribution in [0.2, 0.25) is 0 Å². The average Bonchev–Trinajstić information content (AvgIpc) is 2.74. The highest BCUT2D eigenvalue weighted by atomic mass is 16.5. The van der Waals surface area contributed by atoms with Crippen molar-refractivity contribution in [3.8, 4) is 11.8 Å². The van der Waals surface area contributed by atoms with E-state index in [0.29, 0.717) is 23.4 Å². The molecule has 3 N–H and O–H groups in total. The number of ether oxygens (including phenoxy) is 1. The van der Waals surface area contributed by atoms with E-state index in [4.69, 9.17) is 16.6 Å². The van der Waals surface area contributed by atoms with E-state index in [-0.39, 0.29) is 18.6 Å². The van der Waals surface area contributed by atoms with Gasteiger partial charge in [0.2, 0.25) is 0 Å². The van der Waals surface area contributed by atoms with E-state index in [2.05, 4.69) is 16.2 Å². The molecule has 1 aliphatic carbocycles. The average molecular weight is 389 g/mol. The van der Waals surface area contributed by atoms with Gasteiger partial charge in [0.05, 0.1) is 30.4 Å². The van der Waals surface area contributed by atoms with Gasteiger partial charge in [-0.1, -0.05) is 6.07 Å². The number of anilines is 1. The maximum absolute atomic E-state index is 11.5. The van der Waals surface area contributed by atoms with Crippen LogP contribution in [0.25, 0.3) is 4.85 Å². The highest BCUT2D eigenvalue weighted by molar-refractivity contribution is 5.67. The van der Waals surface area contributed by atoms with Gasteiger partial charge in [0.1, 0.15) is 18.0 Å². The molecule has 0 spiro atoms. The van der Waals surface area contributed by atoms with Gasteiger partial charge >= 0.3 is 0 Å². The zero-order valence-electron chi connectivity index (χ0n) is 16.2. The molecule has 0 saturated heterocycles. The van der Waals surface area contributed by atoms with Crippen molar-refractivity contribution in [3.63, 3.8) is 0 Å². The number of nitrogens with one attached hydrogen (secondary N) is 1. The van der Waals surface area contributed by atoms with Gasteiger partial charge in [-0.3, -0.25) is 0 Å². The lowest BCUT2D eigenvalue weighted by Crippen LogP contribution is -2.65. The van der Waals surface area contributed by atoms with E-state index < -0.39 is 11.7 Å². The summed E-state index contributed by atoms with van der Waals surface area (Å²) in [5.74, 6) is 0.701. The van der Waals surface area contributed by atoms with Crippen LogP contribution in [-0.2, 0) is 6.42 Å². The predicted octanol–water partition coefficient (Wildman–Crippen LogP) is 3.34. The summed E-state index contributed by atoms with van der Waals surface area (Å²) in [6.45, 7) is 9.22. The third kappa shape index (κ3) is 3.42. The number of nitriles is 1. The van der Waals surface area contributed by atoms with Gasteiger partial charge in [0.15, 0.2) is 5.69 Å². The summed E-state index contributed by atoms with van der Waals surface area (Å²) in [7, 11) is 0. The van der Waals surface area contributed by atoms with E-state index in [1.54, 1.807) is 24.3 Å². The smallest absolute Gasteiger partial charge is 0.192 e. The third-order valence-corrected chi connectivity index (χ3v) is 6.19. The first-order chi connectivity index (χ1) is 13.9. The maximum Gasteiger partial charge on any atom is 0.192 e. The second-order valence-electron chi connectivity index (χ2n) is 8.00. The summed E-state index contributed by atoms with van der Waals surface area (Å²) < 4.78 is 5.81. The quantitative estimate of drug-likeness (QED) is 0.701. The standard InChI is InChI=1S/C23H23N3O3/c1-14-9-17-10-16-5-8-21(27)23(28,22(16)26-20(17)11-19(14)25-2)13-29-18-6-3-15(12-24)4-7-18/h3-4,6-7,9,11,16,21-22,26-28H,5,8,10,13H2,1H3/t16?,21?,22?,23-/m1/s1. The Labute approximate surface area is 170 Å². The van der Waals surface area contributed by atoms with Crippen molar-refractivity contribution in [1.29, 1.82) is 5.26 Å². The van der Waals surface area contributed by atoms with Gasteiger partial charge in [-0.25, -0.2) is 4.85 Å². The summed E-state index contributed by atoms with van der Waals surface area (Å²) in [5.41, 5.74) is 2.59. The Kier molecular flexibility index (Phi) is 4.92. The van der Waals surface area contributed by atoms with Crippen molar-refractivity contribution in [2.75, 3.05) is 11.9 Å². The number of aliphatic hydroxyl groups is 2. The Morgan fingerprint density at radius 2 is 2.07 bits per heavy atom. The third-order valence-electron chi connectivity index (χ3n) is 6.19. The highest BCUT2D eigenvalue weighted by Crippen LogP contribution is 2.43. The van der Waals surface area contributed by atoms with Gasteiger partial charge < -0.3 is 20.3 Å². The van der Waals surface area contributed by atoms with Gasteiger partial charge in [0.25, 0.3) is 0 Å². The van der Waals surface area contributed by atoms with E-state index in [0.717, 1.165) is 29.7 Å². The minimum absolute atomic E-state index is 0.0644. The zero-order valence-corrected chi connectivity index (χ0v) is 16.2. The monoisotopic (exact) mass is 389 g/mol. The molecule has 2 aromatic rings. The number of fused-ring (bicyclic) bond motifs is 2. The van der Waals surface area contributed by atoms with Gasteiger partial charge in [-0.2, -0.15) is 5.26 Å². The molecule has 4 atom stereocenters. The van der Waals surface area contributed by atoms with Crippen LogP contribution in [0.3, 0.4) is 0 Å². The molecule has 1 aliphatic heterocycles. The van der Waals surface area contributed by atoms with E-state index >= 15 is 0 Å². The minimum atomic E-state index is -1.46. The second-order valence-corrected chi connectivity index (χ2v) is 8.00. The molecule has 148 valence electrons. The summed E-state index contributed by atoms with van der Waals surface area (Å²) in [6.07, 6.45) is 1.19. The lowest BCUT2D eigenvalue weighted by Gasteiger charge is -2.50. The summed E-state index contributed by atoms with van der Waals surface area (Å²) >= 11 is 0. The van der Waals surface area contributed by atoms with Crippen molar-refractivity contribution in [1.82, 2.24) is 0 Å². The van der Waals surface area contributed by atoms with Crippen LogP contribution < -0.4 is 10.1 Å². The minimum Gasteiger partial charge on any atom is -0.490 e. The Morgan fingerprint density at radius 1 is 1.31 bits per heavy atom. The second kappa shape index (κ2) is 7.40. The van der Waals surface area contributed by atoms with Crippen LogP contribution in [0, 0.1) is 30.7 Å². The van der Waals surface area contributed by atoms with Crippen LogP contribution in [-0.4, -0.2) is 34.6 Å². The molecule has 1 heterocycles. The van der Waals surface area contributed by atoms with Crippen molar-refractivity contribution in [3.05, 3.63) is 64.5 Å². The van der Waals surface area contributed by atoms with Crippen molar-refractivity contribution < 1.29 is 14.9 Å². The van der Waals surface area contributed by atoms with Crippen LogP contribution >= 0.6 is 0 Å². The first-order valence-corrected chi connectivity index (χ1v) is 9.75. The number of nitrogens with zero attached hydrogens (tertiary/aromatic N) is 2. The molecular weight excluding hydrogens is 366 g/mol. The van der Waals surface area contributed by atoms with Gasteiger partial charge in [-0.05, 0) is 73.6 Å². The normalized spacial score (nSPS) is 27.6. The molecule has 3 unspecified atom stereocenters. The fourth-order valence-electron chi connectivity index (χ4n) is 4.51. The molecule has 0 bridgehead atoms. The van der Waals surface area contributed by atoms with Crippen molar-refractivity contribution in [2.24, 2.45) is 5.92 Å². The fraction of sp³-hybridized carbons (Fsp3) is 0.391. The molecule has 0 radical (unpaired) electrons. The van der Waals surface area contributed by atoms with E-state index in [9.17, 15) is 10.2 Å². The number of benzene rings is 2. The van der Waals surface area contributed by atoms with Crippen LogP contribution in [0.1, 0.15) is 29.5 Å². The molecule has 2 aromatic carbocycles. The van der Waals surface area contributed by atoms with Crippen LogP contribution in [0.5, 0.6) is 5.75 Å². The Morgan fingerprint density at radius 3 is 2.76 bits per heavy atom. The Balaban J connectivity index is 1.59. The molecule has 2 aliphatic rings. The SMILES string of the molecule is [C-]#[N+]c1cc2c(cc1C)CC1CCC(O)[C@](O)(COc3ccc(C#N)cc3)C1N2. The molecule has 1 saturated carbocycles. The molecule has 6 nitrogen and oxygen atoms in total. The molecule has 0 aromatic heterocycles. The zero-order chi connectivity index (χ0) is 20.6. The number of rotatable bonds is 3. The molecule has 6 heteroatoms. The van der Waals surface area contributed by atoms with Crippen molar-refractivity contribution >= 4 is 11.4 Å². The number of hydrogen-bond donors (Lipinski definition) is 3. The van der Waals surface area contributed by atoms with Crippen LogP contribution in [0.15, 0.2) is 36.4 Å². The topological polar surface area (TPSA) is 89.9 Å². The summed E-state index contributed by atoms with van der Waals surface area (Å²) in [4.78, 5) is 3.57. The lowest BCUT2D eigenvalue weighted by atomic mass is 9.68. The number of hydrogen-bond acceptors (Lipinski definition) is 5. The maximum atomic E-state index is 11.5. The van der Waals surface area contributed by atoms with E-state index in [1.807, 2.05) is 19.1 Å². The predicted molar refractivity (Wildman–Crippen MR) is 109 cm³/mol. The molecule has 4 rings (SSSR count). The highest BCUT2D eigenvalue weighted by Gasteiger charge is 2.52. The summed E-state index contributed by atoms with van der Waals surface area (Å²) in [6, 6.07) is 12.2. The number of aliphatic hydroxyl groups excluding tert-OH is 1. The fourth-order valence-corrected chi connectivity index (χ4v) is 4.51.